The first-order valence-corrected chi connectivity index (χ1v) is 7.44. The molecule has 0 atom stereocenters. The lowest BCUT2D eigenvalue weighted by Gasteiger charge is -2.11. The summed E-state index contributed by atoms with van der Waals surface area (Å²) in [6.45, 7) is 0.0480. The van der Waals surface area contributed by atoms with Crippen molar-refractivity contribution in [3.05, 3.63) is 51.5 Å². The molecule has 2 aromatic rings. The van der Waals surface area contributed by atoms with E-state index in [2.05, 4.69) is 10.6 Å². The summed E-state index contributed by atoms with van der Waals surface area (Å²) in [7, 11) is 1.52. The molecule has 0 heterocycles. The molecular formula is C15H13Cl3N2O2. The van der Waals surface area contributed by atoms with Gasteiger partial charge in [-0.1, -0.05) is 34.8 Å². The predicted molar refractivity (Wildman–Crippen MR) is 91.6 cm³/mol. The molecule has 0 unspecified atom stereocenters. The number of halogens is 3. The highest BCUT2D eigenvalue weighted by Gasteiger charge is 2.08. The molecule has 22 heavy (non-hydrogen) atoms. The van der Waals surface area contributed by atoms with Crippen molar-refractivity contribution in [1.82, 2.24) is 0 Å². The van der Waals surface area contributed by atoms with Gasteiger partial charge >= 0.3 is 0 Å². The molecule has 0 aromatic heterocycles. The van der Waals surface area contributed by atoms with E-state index in [9.17, 15) is 4.79 Å². The smallest absolute Gasteiger partial charge is 0.243 e. The normalized spacial score (nSPS) is 10.2. The Balaban J connectivity index is 2.00. The average Bonchev–Trinajstić information content (AvgIpc) is 2.44. The highest BCUT2D eigenvalue weighted by molar-refractivity contribution is 6.35. The van der Waals surface area contributed by atoms with Crippen LogP contribution < -0.4 is 15.4 Å². The molecule has 2 N–H and O–H groups in total. The van der Waals surface area contributed by atoms with Gasteiger partial charge in [-0.25, -0.2) is 0 Å². The first kappa shape index (κ1) is 16.7. The Hall–Kier alpha value is -1.62. The molecule has 0 aliphatic rings. The zero-order chi connectivity index (χ0) is 16.1. The van der Waals surface area contributed by atoms with Crippen LogP contribution in [0.3, 0.4) is 0 Å². The fraction of sp³-hybridized carbons (Fsp3) is 0.133. The molecule has 0 spiro atoms. The van der Waals surface area contributed by atoms with Gasteiger partial charge in [0.05, 0.1) is 19.3 Å². The van der Waals surface area contributed by atoms with Gasteiger partial charge < -0.3 is 15.4 Å². The molecule has 0 aliphatic heterocycles. The van der Waals surface area contributed by atoms with E-state index in [4.69, 9.17) is 39.5 Å². The van der Waals surface area contributed by atoms with E-state index in [0.29, 0.717) is 32.2 Å². The van der Waals surface area contributed by atoms with Crippen LogP contribution in [0.4, 0.5) is 11.4 Å². The van der Waals surface area contributed by atoms with Crippen molar-refractivity contribution in [3.8, 4) is 5.75 Å². The van der Waals surface area contributed by atoms with Gasteiger partial charge in [0.15, 0.2) is 0 Å². The van der Waals surface area contributed by atoms with Gasteiger partial charge in [-0.05, 0) is 36.4 Å². The van der Waals surface area contributed by atoms with Crippen LogP contribution in [0.25, 0.3) is 0 Å². The summed E-state index contributed by atoms with van der Waals surface area (Å²) in [5.74, 6) is 0.278. The number of ether oxygens (including phenoxy) is 1. The number of anilines is 2. The summed E-state index contributed by atoms with van der Waals surface area (Å²) >= 11 is 17.7. The molecule has 2 aromatic carbocycles. The third-order valence-electron chi connectivity index (χ3n) is 2.75. The lowest BCUT2D eigenvalue weighted by atomic mass is 10.3. The molecule has 2 rings (SSSR count). The van der Waals surface area contributed by atoms with Gasteiger partial charge in [0.2, 0.25) is 5.91 Å². The maximum Gasteiger partial charge on any atom is 0.243 e. The molecule has 7 heteroatoms. The Labute approximate surface area is 143 Å². The number of methoxy groups -OCH3 is 1. The van der Waals surface area contributed by atoms with E-state index >= 15 is 0 Å². The minimum atomic E-state index is -0.253. The van der Waals surface area contributed by atoms with Crippen LogP contribution >= 0.6 is 34.8 Å². The molecule has 0 bridgehead atoms. The Morgan fingerprint density at radius 2 is 1.73 bits per heavy atom. The molecule has 0 radical (unpaired) electrons. The second-order valence-electron chi connectivity index (χ2n) is 4.40. The summed E-state index contributed by atoms with van der Waals surface area (Å²) in [6.07, 6.45) is 0. The number of benzene rings is 2. The van der Waals surface area contributed by atoms with Crippen molar-refractivity contribution in [1.29, 1.82) is 0 Å². The summed E-state index contributed by atoms with van der Waals surface area (Å²) in [6, 6.07) is 9.96. The van der Waals surface area contributed by atoms with Crippen molar-refractivity contribution in [2.24, 2.45) is 0 Å². The quantitative estimate of drug-likeness (QED) is 0.813. The van der Waals surface area contributed by atoms with Crippen molar-refractivity contribution in [2.75, 3.05) is 24.3 Å². The maximum atomic E-state index is 12.0. The van der Waals surface area contributed by atoms with E-state index < -0.39 is 0 Å². The first-order valence-electron chi connectivity index (χ1n) is 6.31. The average molecular weight is 360 g/mol. The molecule has 1 amide bonds. The molecule has 116 valence electrons. The zero-order valence-corrected chi connectivity index (χ0v) is 13.9. The minimum absolute atomic E-state index is 0.0480. The summed E-state index contributed by atoms with van der Waals surface area (Å²) < 4.78 is 5.17. The first-order chi connectivity index (χ1) is 10.5. The van der Waals surface area contributed by atoms with Crippen molar-refractivity contribution >= 4 is 52.1 Å². The highest BCUT2D eigenvalue weighted by atomic mass is 35.5. The number of nitrogens with one attached hydrogen (secondary N) is 2. The van der Waals surface area contributed by atoms with Crippen LogP contribution in [-0.4, -0.2) is 19.6 Å². The Morgan fingerprint density at radius 1 is 1.05 bits per heavy atom. The Morgan fingerprint density at radius 3 is 2.36 bits per heavy atom. The number of amides is 1. The highest BCUT2D eigenvalue weighted by Crippen LogP contribution is 2.27. The number of hydrogen-bond donors (Lipinski definition) is 2. The zero-order valence-electron chi connectivity index (χ0n) is 11.6. The van der Waals surface area contributed by atoms with Crippen LogP contribution in [0.5, 0.6) is 5.75 Å². The van der Waals surface area contributed by atoms with Crippen LogP contribution in [0.15, 0.2) is 36.4 Å². The number of rotatable bonds is 5. The molecule has 0 fully saturated rings. The van der Waals surface area contributed by atoms with Crippen LogP contribution in [0, 0.1) is 0 Å². The molecule has 0 saturated heterocycles. The van der Waals surface area contributed by atoms with Crippen molar-refractivity contribution in [2.45, 2.75) is 0 Å². The fourth-order valence-electron chi connectivity index (χ4n) is 1.81. The van der Waals surface area contributed by atoms with Gasteiger partial charge in [0.25, 0.3) is 0 Å². The maximum absolute atomic E-state index is 12.0. The predicted octanol–water partition coefficient (Wildman–Crippen LogP) is 4.71. The standard InChI is InChI=1S/C15H13Cl3N2O2/c1-22-14-3-2-9(16)7-13(14)20-15(21)8-19-12-5-10(17)4-11(18)6-12/h2-7,19H,8H2,1H3,(H,20,21). The van der Waals surface area contributed by atoms with Crippen LogP contribution in [0.1, 0.15) is 0 Å². The van der Waals surface area contributed by atoms with Crippen molar-refractivity contribution < 1.29 is 9.53 Å². The number of hydrogen-bond acceptors (Lipinski definition) is 3. The topological polar surface area (TPSA) is 50.4 Å². The van der Waals surface area contributed by atoms with E-state index in [0.717, 1.165) is 0 Å². The third-order valence-corrected chi connectivity index (χ3v) is 3.42. The molecule has 4 nitrogen and oxygen atoms in total. The molecule has 0 saturated carbocycles. The molecular weight excluding hydrogens is 347 g/mol. The lowest BCUT2D eigenvalue weighted by molar-refractivity contribution is -0.114. The summed E-state index contributed by atoms with van der Waals surface area (Å²) in [5, 5.41) is 7.16. The number of carbonyl (C=O) groups is 1. The lowest BCUT2D eigenvalue weighted by Crippen LogP contribution is -2.22. The third kappa shape index (κ3) is 4.70. The van der Waals surface area contributed by atoms with Gasteiger partial charge in [-0.2, -0.15) is 0 Å². The Kier molecular flexibility index (Phi) is 5.77. The second kappa shape index (κ2) is 7.58. The van der Waals surface area contributed by atoms with E-state index in [1.54, 1.807) is 36.4 Å². The van der Waals surface area contributed by atoms with Crippen molar-refractivity contribution in [3.63, 3.8) is 0 Å². The monoisotopic (exact) mass is 358 g/mol. The molecule has 0 aliphatic carbocycles. The van der Waals surface area contributed by atoms with Gasteiger partial charge in [-0.3, -0.25) is 4.79 Å². The van der Waals surface area contributed by atoms with Crippen LogP contribution in [0.2, 0.25) is 15.1 Å². The fourth-order valence-corrected chi connectivity index (χ4v) is 2.51. The van der Waals surface area contributed by atoms with E-state index in [-0.39, 0.29) is 12.5 Å². The van der Waals surface area contributed by atoms with Gasteiger partial charge in [-0.15, -0.1) is 0 Å². The van der Waals surface area contributed by atoms with E-state index in [1.165, 1.54) is 7.11 Å². The van der Waals surface area contributed by atoms with Crippen LogP contribution in [-0.2, 0) is 4.79 Å². The number of carbonyl (C=O) groups excluding carboxylic acids is 1. The summed E-state index contributed by atoms with van der Waals surface area (Å²) in [5.41, 5.74) is 1.16. The largest absolute Gasteiger partial charge is 0.495 e. The Bertz CT molecular complexity index is 672. The SMILES string of the molecule is COc1ccc(Cl)cc1NC(=O)CNc1cc(Cl)cc(Cl)c1. The summed E-state index contributed by atoms with van der Waals surface area (Å²) in [4.78, 5) is 12.0. The van der Waals surface area contributed by atoms with Gasteiger partial charge in [0, 0.05) is 20.8 Å². The van der Waals surface area contributed by atoms with Gasteiger partial charge in [0.1, 0.15) is 5.75 Å². The minimum Gasteiger partial charge on any atom is -0.495 e. The van der Waals surface area contributed by atoms with E-state index in [1.807, 2.05) is 0 Å². The second-order valence-corrected chi connectivity index (χ2v) is 5.71.